The van der Waals surface area contributed by atoms with Crippen LogP contribution in [-0.4, -0.2) is 23.2 Å². The SMILES string of the molecule is O=C1NN=C2[C@H]3C[C@@H](C[C@@H]12)C1=NNC(=O)[C@@H]1C3. The number of rotatable bonds is 0. The number of carbonyl (C=O) groups is 2. The first kappa shape index (κ1) is 9.32. The number of hydrogen-bond donors (Lipinski definition) is 2. The van der Waals surface area contributed by atoms with Crippen LogP contribution in [0.15, 0.2) is 10.2 Å². The molecule has 4 atom stereocenters. The second-order valence-corrected chi connectivity index (χ2v) is 5.23. The molecule has 2 fully saturated rings. The molecule has 0 unspecified atom stereocenters. The van der Waals surface area contributed by atoms with Crippen LogP contribution in [0, 0.1) is 23.7 Å². The molecule has 2 aliphatic carbocycles. The van der Waals surface area contributed by atoms with E-state index < -0.39 is 0 Å². The average molecular weight is 232 g/mol. The highest BCUT2D eigenvalue weighted by Crippen LogP contribution is 2.44. The van der Waals surface area contributed by atoms with Gasteiger partial charge in [0.2, 0.25) is 11.8 Å². The van der Waals surface area contributed by atoms with Crippen LogP contribution in [0.3, 0.4) is 0 Å². The molecule has 0 aromatic carbocycles. The zero-order chi connectivity index (χ0) is 11.6. The molecule has 4 rings (SSSR count). The predicted octanol–water partition coefficient (Wildman–Crippen LogP) is -0.380. The highest BCUT2D eigenvalue weighted by Gasteiger charge is 2.51. The van der Waals surface area contributed by atoms with Gasteiger partial charge in [-0.15, -0.1) is 0 Å². The molecular weight excluding hydrogens is 220 g/mol. The molecule has 2 aliphatic heterocycles. The van der Waals surface area contributed by atoms with Crippen molar-refractivity contribution in [3.8, 4) is 0 Å². The summed E-state index contributed by atoms with van der Waals surface area (Å²) in [6.07, 6.45) is 2.49. The molecule has 0 saturated heterocycles. The Morgan fingerprint density at radius 2 is 1.29 bits per heavy atom. The second kappa shape index (κ2) is 2.94. The van der Waals surface area contributed by atoms with Crippen LogP contribution in [0.4, 0.5) is 0 Å². The summed E-state index contributed by atoms with van der Waals surface area (Å²) in [5.74, 6) is 0.379. The highest BCUT2D eigenvalue weighted by molar-refractivity contribution is 6.15. The molecule has 0 spiro atoms. The molecular formula is C11H12N4O2. The quantitative estimate of drug-likeness (QED) is 0.596. The molecule has 0 aromatic heterocycles. The van der Waals surface area contributed by atoms with Crippen LogP contribution in [0.25, 0.3) is 0 Å². The Morgan fingerprint density at radius 3 is 1.76 bits per heavy atom. The Kier molecular flexibility index (Phi) is 1.61. The summed E-state index contributed by atoms with van der Waals surface area (Å²) in [6.45, 7) is 0. The molecule has 6 heteroatoms. The molecule has 2 heterocycles. The number of nitrogens with one attached hydrogen (secondary N) is 2. The third-order valence-corrected chi connectivity index (χ3v) is 4.38. The van der Waals surface area contributed by atoms with Crippen molar-refractivity contribution in [2.45, 2.75) is 19.3 Å². The van der Waals surface area contributed by atoms with Crippen molar-refractivity contribution in [3.05, 3.63) is 0 Å². The zero-order valence-corrected chi connectivity index (χ0v) is 9.14. The zero-order valence-electron chi connectivity index (χ0n) is 9.14. The van der Waals surface area contributed by atoms with E-state index in [2.05, 4.69) is 21.1 Å². The van der Waals surface area contributed by atoms with Gasteiger partial charge in [0.25, 0.3) is 0 Å². The fourth-order valence-corrected chi connectivity index (χ4v) is 3.61. The molecule has 2 N–H and O–H groups in total. The molecule has 88 valence electrons. The normalized spacial score (nSPS) is 42.1. The van der Waals surface area contributed by atoms with Crippen molar-refractivity contribution < 1.29 is 9.59 Å². The lowest BCUT2D eigenvalue weighted by Crippen LogP contribution is -2.45. The monoisotopic (exact) mass is 232 g/mol. The molecule has 0 aromatic rings. The van der Waals surface area contributed by atoms with E-state index in [1.165, 1.54) is 0 Å². The smallest absolute Gasteiger partial charge is 0.248 e. The first-order chi connectivity index (χ1) is 8.24. The maximum atomic E-state index is 11.6. The van der Waals surface area contributed by atoms with E-state index in [4.69, 9.17) is 0 Å². The summed E-state index contributed by atoms with van der Waals surface area (Å²) in [7, 11) is 0. The standard InChI is InChI=1S/C11H12N4O2/c16-10-6-2-4-1-5(9(6)13-14-10)3-7-8(4)12-15-11(7)17/h4-7H,1-3H2,(H,14,16)(H,15,17)/t4-,5-,6+,7+/m0/s1. The van der Waals surface area contributed by atoms with E-state index in [9.17, 15) is 9.59 Å². The van der Waals surface area contributed by atoms with Gasteiger partial charge in [0.1, 0.15) is 0 Å². The summed E-state index contributed by atoms with van der Waals surface area (Å²) >= 11 is 0. The van der Waals surface area contributed by atoms with Crippen LogP contribution >= 0.6 is 0 Å². The van der Waals surface area contributed by atoms with Crippen molar-refractivity contribution in [2.75, 3.05) is 0 Å². The lowest BCUT2D eigenvalue weighted by molar-refractivity contribution is -0.122. The Morgan fingerprint density at radius 1 is 0.824 bits per heavy atom. The van der Waals surface area contributed by atoms with Crippen molar-refractivity contribution in [3.63, 3.8) is 0 Å². The first-order valence-corrected chi connectivity index (χ1v) is 5.98. The maximum Gasteiger partial charge on any atom is 0.248 e. The third-order valence-electron chi connectivity index (χ3n) is 4.38. The number of hydrazone groups is 2. The van der Waals surface area contributed by atoms with Gasteiger partial charge in [-0.1, -0.05) is 0 Å². The van der Waals surface area contributed by atoms with Crippen molar-refractivity contribution in [2.24, 2.45) is 33.9 Å². The molecule has 17 heavy (non-hydrogen) atoms. The van der Waals surface area contributed by atoms with Gasteiger partial charge < -0.3 is 0 Å². The third kappa shape index (κ3) is 1.10. The maximum absolute atomic E-state index is 11.6. The summed E-state index contributed by atoms with van der Waals surface area (Å²) in [6, 6.07) is 0. The minimum atomic E-state index is -0.0851. The van der Waals surface area contributed by atoms with Crippen LogP contribution in [-0.2, 0) is 9.59 Å². The molecule has 4 aliphatic rings. The number of nitrogens with zero attached hydrogens (tertiary/aromatic N) is 2. The lowest BCUT2D eigenvalue weighted by Gasteiger charge is -2.38. The minimum absolute atomic E-state index is 0.00559. The van der Waals surface area contributed by atoms with Crippen LogP contribution in [0.2, 0.25) is 0 Å². The molecule has 2 bridgehead atoms. The number of hydrogen-bond acceptors (Lipinski definition) is 4. The van der Waals surface area contributed by atoms with E-state index >= 15 is 0 Å². The van der Waals surface area contributed by atoms with E-state index in [-0.39, 0.29) is 35.5 Å². The molecule has 6 nitrogen and oxygen atoms in total. The summed E-state index contributed by atoms with van der Waals surface area (Å²) in [5, 5.41) is 8.29. The second-order valence-electron chi connectivity index (χ2n) is 5.23. The lowest BCUT2D eigenvalue weighted by atomic mass is 9.63. The van der Waals surface area contributed by atoms with Gasteiger partial charge in [-0.3, -0.25) is 9.59 Å². The summed E-state index contributed by atoms with van der Waals surface area (Å²) in [4.78, 5) is 23.3. The van der Waals surface area contributed by atoms with Gasteiger partial charge in [0.15, 0.2) is 0 Å². The Balaban J connectivity index is 1.73. The molecule has 0 radical (unpaired) electrons. The van der Waals surface area contributed by atoms with Crippen LogP contribution in [0.1, 0.15) is 19.3 Å². The van der Waals surface area contributed by atoms with Gasteiger partial charge in [-0.2, -0.15) is 10.2 Å². The Bertz CT molecular complexity index is 452. The van der Waals surface area contributed by atoms with E-state index in [0.717, 1.165) is 30.7 Å². The van der Waals surface area contributed by atoms with Crippen molar-refractivity contribution >= 4 is 23.2 Å². The van der Waals surface area contributed by atoms with E-state index in [1.807, 2.05) is 0 Å². The summed E-state index contributed by atoms with van der Waals surface area (Å²) in [5.41, 5.74) is 7.05. The van der Waals surface area contributed by atoms with Crippen molar-refractivity contribution in [1.82, 2.24) is 10.9 Å². The number of fused-ring (bicyclic) bond motifs is 6. The summed E-state index contributed by atoms with van der Waals surface area (Å²) < 4.78 is 0. The van der Waals surface area contributed by atoms with E-state index in [1.54, 1.807) is 0 Å². The predicted molar refractivity (Wildman–Crippen MR) is 59.0 cm³/mol. The van der Waals surface area contributed by atoms with Crippen LogP contribution < -0.4 is 10.9 Å². The fraction of sp³-hybridized carbons (Fsp3) is 0.636. The minimum Gasteiger partial charge on any atom is -0.272 e. The highest BCUT2D eigenvalue weighted by atomic mass is 16.2. The molecule has 2 saturated carbocycles. The van der Waals surface area contributed by atoms with Gasteiger partial charge in [-0.05, 0) is 19.3 Å². The largest absolute Gasteiger partial charge is 0.272 e. The van der Waals surface area contributed by atoms with Gasteiger partial charge in [0, 0.05) is 11.8 Å². The topological polar surface area (TPSA) is 82.9 Å². The fourth-order valence-electron chi connectivity index (χ4n) is 3.61. The first-order valence-electron chi connectivity index (χ1n) is 5.98. The number of amides is 2. The number of carbonyl (C=O) groups excluding carboxylic acids is 2. The van der Waals surface area contributed by atoms with Gasteiger partial charge in [0.05, 0.1) is 23.3 Å². The van der Waals surface area contributed by atoms with Gasteiger partial charge >= 0.3 is 0 Å². The van der Waals surface area contributed by atoms with Gasteiger partial charge in [-0.25, -0.2) is 10.9 Å². The van der Waals surface area contributed by atoms with Crippen LogP contribution in [0.5, 0.6) is 0 Å². The van der Waals surface area contributed by atoms with Crippen molar-refractivity contribution in [1.29, 1.82) is 0 Å². The average Bonchev–Trinajstić information content (AvgIpc) is 2.86. The Labute approximate surface area is 97.5 Å². The Hall–Kier alpha value is -1.72. The van der Waals surface area contributed by atoms with E-state index in [0.29, 0.717) is 0 Å². The molecule has 2 amide bonds.